The molecule has 28 heavy (non-hydrogen) atoms. The third kappa shape index (κ3) is 2.29. The number of hydrogen-bond acceptors (Lipinski definition) is 5. The van der Waals surface area contributed by atoms with E-state index in [9.17, 15) is 9.59 Å². The van der Waals surface area contributed by atoms with Crippen LogP contribution in [0.5, 0.6) is 0 Å². The molecule has 1 spiro atoms. The second-order valence-electron chi connectivity index (χ2n) is 8.37. The number of hydrogen-bond donors (Lipinski definition) is 3. The molecule has 0 bridgehead atoms. The zero-order valence-corrected chi connectivity index (χ0v) is 16.3. The van der Waals surface area contributed by atoms with Crippen molar-refractivity contribution in [1.82, 2.24) is 14.9 Å². The lowest BCUT2D eigenvalue weighted by molar-refractivity contribution is 0.0876. The molecule has 1 saturated carbocycles. The van der Waals surface area contributed by atoms with Crippen LogP contribution in [0.4, 0.5) is 11.4 Å². The standard InChI is InChI=1S/C21H25N5O2/c1-11-14-8-13-10-23-15(12(2)22)9-16(13)24-17(14)20(28)26-18(11)19(27)25-21(26)6-4-3-5-7-21/h9-10,12,24H,3-8,22H2,1-2H3,(H,25,27). The SMILES string of the molecule is Cc1c2c(c(=O)n3c1C(=O)NC31CCCCC1)Nc1cc(C(C)N)ncc1C2. The van der Waals surface area contributed by atoms with Crippen molar-refractivity contribution in [2.45, 2.75) is 64.1 Å². The van der Waals surface area contributed by atoms with Crippen molar-refractivity contribution in [3.63, 3.8) is 0 Å². The van der Waals surface area contributed by atoms with Gasteiger partial charge in [-0.3, -0.25) is 19.1 Å². The van der Waals surface area contributed by atoms with E-state index in [1.165, 1.54) is 0 Å². The Kier molecular flexibility index (Phi) is 3.68. The van der Waals surface area contributed by atoms with Crippen LogP contribution in [0.1, 0.15) is 77.9 Å². The highest BCUT2D eigenvalue weighted by Gasteiger charge is 2.46. The summed E-state index contributed by atoms with van der Waals surface area (Å²) in [5, 5.41) is 6.50. The molecule has 7 nitrogen and oxygen atoms in total. The molecule has 5 rings (SSSR count). The molecule has 0 saturated heterocycles. The van der Waals surface area contributed by atoms with Crippen molar-refractivity contribution in [2.75, 3.05) is 5.32 Å². The molecule has 1 atom stereocenters. The summed E-state index contributed by atoms with van der Waals surface area (Å²) >= 11 is 0. The van der Waals surface area contributed by atoms with Crippen molar-refractivity contribution >= 4 is 17.3 Å². The predicted molar refractivity (Wildman–Crippen MR) is 107 cm³/mol. The number of nitrogens with one attached hydrogen (secondary N) is 2. The van der Waals surface area contributed by atoms with E-state index in [0.29, 0.717) is 17.8 Å². The number of fused-ring (bicyclic) bond motifs is 4. The summed E-state index contributed by atoms with van der Waals surface area (Å²) in [6.07, 6.45) is 7.18. The third-order valence-electron chi connectivity index (χ3n) is 6.52. The Balaban J connectivity index is 1.70. The van der Waals surface area contributed by atoms with Crippen LogP contribution < -0.4 is 21.9 Å². The lowest BCUT2D eigenvalue weighted by Gasteiger charge is -2.36. The second kappa shape index (κ2) is 5.91. The molecule has 2 aromatic rings. The number of nitrogens with zero attached hydrogens (tertiary/aromatic N) is 2. The number of carbonyl (C=O) groups excluding carboxylic acids is 1. The van der Waals surface area contributed by atoms with Gasteiger partial charge in [0.2, 0.25) is 0 Å². The highest BCUT2D eigenvalue weighted by Crippen LogP contribution is 2.40. The molecule has 146 valence electrons. The number of carbonyl (C=O) groups is 1. The Hall–Kier alpha value is -2.67. The van der Waals surface area contributed by atoms with Gasteiger partial charge in [-0.2, -0.15) is 0 Å². The van der Waals surface area contributed by atoms with Crippen molar-refractivity contribution in [2.24, 2.45) is 5.73 Å². The van der Waals surface area contributed by atoms with E-state index < -0.39 is 5.66 Å². The van der Waals surface area contributed by atoms with Gasteiger partial charge in [-0.1, -0.05) is 6.42 Å². The Morgan fingerprint density at radius 1 is 1.25 bits per heavy atom. The normalized spacial score (nSPS) is 20.0. The van der Waals surface area contributed by atoms with E-state index in [1.54, 1.807) is 4.57 Å². The van der Waals surface area contributed by atoms with E-state index in [-0.39, 0.29) is 17.5 Å². The molecule has 3 aliphatic rings. The van der Waals surface area contributed by atoms with Crippen LogP contribution >= 0.6 is 0 Å². The van der Waals surface area contributed by atoms with Crippen molar-refractivity contribution < 1.29 is 4.79 Å². The van der Waals surface area contributed by atoms with Crippen LogP contribution in [-0.4, -0.2) is 15.5 Å². The number of anilines is 2. The maximum atomic E-state index is 13.6. The monoisotopic (exact) mass is 379 g/mol. The first kappa shape index (κ1) is 17.4. The van der Waals surface area contributed by atoms with Gasteiger partial charge in [-0.05, 0) is 62.3 Å². The Morgan fingerprint density at radius 3 is 2.71 bits per heavy atom. The zero-order chi connectivity index (χ0) is 19.6. The van der Waals surface area contributed by atoms with Gasteiger partial charge in [-0.15, -0.1) is 0 Å². The molecule has 4 N–H and O–H groups in total. The van der Waals surface area contributed by atoms with E-state index in [2.05, 4.69) is 15.6 Å². The summed E-state index contributed by atoms with van der Waals surface area (Å²) < 4.78 is 1.74. The highest BCUT2D eigenvalue weighted by molar-refractivity contribution is 5.98. The Morgan fingerprint density at radius 2 is 2.00 bits per heavy atom. The third-order valence-corrected chi connectivity index (χ3v) is 6.52. The quantitative estimate of drug-likeness (QED) is 0.603. The molecule has 7 heteroatoms. The number of nitrogens with two attached hydrogens (primary N) is 1. The molecule has 0 aromatic carbocycles. The average Bonchev–Trinajstić information content (AvgIpc) is 2.96. The zero-order valence-electron chi connectivity index (χ0n) is 16.3. The van der Waals surface area contributed by atoms with Gasteiger partial charge in [0.05, 0.1) is 5.69 Å². The maximum absolute atomic E-state index is 13.6. The molecule has 2 aliphatic heterocycles. The molecule has 0 radical (unpaired) electrons. The van der Waals surface area contributed by atoms with Gasteiger partial charge >= 0.3 is 0 Å². The van der Waals surface area contributed by atoms with Crippen molar-refractivity contribution in [3.05, 3.63) is 50.7 Å². The second-order valence-corrected chi connectivity index (χ2v) is 8.37. The first-order valence-corrected chi connectivity index (χ1v) is 10.0. The molecule has 2 aromatic heterocycles. The van der Waals surface area contributed by atoms with Gasteiger partial charge in [0.25, 0.3) is 11.5 Å². The summed E-state index contributed by atoms with van der Waals surface area (Å²) in [6, 6.07) is 1.75. The van der Waals surface area contributed by atoms with Gasteiger partial charge < -0.3 is 16.4 Å². The molecular formula is C21H25N5O2. The minimum Gasteiger partial charge on any atom is -0.350 e. The van der Waals surface area contributed by atoms with Crippen LogP contribution in [0.3, 0.4) is 0 Å². The summed E-state index contributed by atoms with van der Waals surface area (Å²) in [7, 11) is 0. The molecule has 1 unspecified atom stereocenters. The fourth-order valence-corrected chi connectivity index (χ4v) is 5.01. The maximum Gasteiger partial charge on any atom is 0.277 e. The molecular weight excluding hydrogens is 354 g/mol. The van der Waals surface area contributed by atoms with Crippen LogP contribution in [-0.2, 0) is 12.1 Å². The summed E-state index contributed by atoms with van der Waals surface area (Å²) in [5.74, 6) is -0.129. The largest absolute Gasteiger partial charge is 0.350 e. The van der Waals surface area contributed by atoms with E-state index in [4.69, 9.17) is 5.73 Å². The van der Waals surface area contributed by atoms with Crippen LogP contribution in [0, 0.1) is 6.92 Å². The molecule has 1 amide bonds. The minimum absolute atomic E-state index is 0.111. The van der Waals surface area contributed by atoms with E-state index in [0.717, 1.165) is 60.2 Å². The number of pyridine rings is 2. The van der Waals surface area contributed by atoms with Gasteiger partial charge in [-0.25, -0.2) is 0 Å². The van der Waals surface area contributed by atoms with Crippen LogP contribution in [0.25, 0.3) is 0 Å². The topological polar surface area (TPSA) is 102 Å². The molecule has 4 heterocycles. The summed E-state index contributed by atoms with van der Waals surface area (Å²) in [6.45, 7) is 3.84. The summed E-state index contributed by atoms with van der Waals surface area (Å²) in [5.41, 5.74) is 10.8. The molecule has 1 aliphatic carbocycles. The van der Waals surface area contributed by atoms with Gasteiger partial charge in [0, 0.05) is 24.3 Å². The lowest BCUT2D eigenvalue weighted by atomic mass is 9.88. The first-order valence-electron chi connectivity index (χ1n) is 10.0. The summed E-state index contributed by atoms with van der Waals surface area (Å²) in [4.78, 5) is 30.9. The number of rotatable bonds is 1. The van der Waals surface area contributed by atoms with Crippen molar-refractivity contribution in [1.29, 1.82) is 0 Å². The average molecular weight is 379 g/mol. The van der Waals surface area contributed by atoms with Gasteiger partial charge in [0.1, 0.15) is 17.0 Å². The lowest BCUT2D eigenvalue weighted by Crippen LogP contribution is -2.49. The molecule has 1 fully saturated rings. The smallest absolute Gasteiger partial charge is 0.277 e. The Bertz CT molecular complexity index is 1060. The Labute approximate surface area is 163 Å². The van der Waals surface area contributed by atoms with Crippen LogP contribution in [0.15, 0.2) is 17.1 Å². The first-order chi connectivity index (χ1) is 13.4. The number of aromatic nitrogens is 2. The van der Waals surface area contributed by atoms with Crippen molar-refractivity contribution in [3.8, 4) is 0 Å². The fourth-order valence-electron chi connectivity index (χ4n) is 5.01. The van der Waals surface area contributed by atoms with Crippen LogP contribution in [0.2, 0.25) is 0 Å². The minimum atomic E-state index is -0.571. The number of amides is 1. The van der Waals surface area contributed by atoms with E-state index >= 15 is 0 Å². The highest BCUT2D eigenvalue weighted by atomic mass is 16.2. The predicted octanol–water partition coefficient (Wildman–Crippen LogP) is 2.58. The van der Waals surface area contributed by atoms with E-state index in [1.807, 2.05) is 26.1 Å². The fraction of sp³-hybridized carbons (Fsp3) is 0.476. The van der Waals surface area contributed by atoms with Gasteiger partial charge in [0.15, 0.2) is 0 Å².